The van der Waals surface area contributed by atoms with Crippen molar-refractivity contribution < 1.29 is 9.53 Å². The molecule has 3 rings (SSSR count). The number of benzene rings is 1. The van der Waals surface area contributed by atoms with E-state index in [0.717, 1.165) is 22.8 Å². The van der Waals surface area contributed by atoms with Gasteiger partial charge in [0.1, 0.15) is 17.4 Å². The number of nitrogens with one attached hydrogen (secondary N) is 1. The van der Waals surface area contributed by atoms with Crippen molar-refractivity contribution in [3.05, 3.63) is 76.0 Å². The number of pyridine rings is 1. The lowest BCUT2D eigenvalue weighted by Gasteiger charge is -2.04. The molecule has 0 aliphatic carbocycles. The summed E-state index contributed by atoms with van der Waals surface area (Å²) in [5.74, 6) is 0.701. The number of rotatable bonds is 8. The molecule has 0 aliphatic rings. The molecule has 5 nitrogen and oxygen atoms in total. The summed E-state index contributed by atoms with van der Waals surface area (Å²) in [5.41, 5.74) is 2.94. The molecule has 1 N–H and O–H groups in total. The number of hydrogen-bond acceptors (Lipinski definition) is 5. The van der Waals surface area contributed by atoms with Gasteiger partial charge in [0.05, 0.1) is 18.3 Å². The second-order valence-corrected chi connectivity index (χ2v) is 6.86. The number of amides is 1. The zero-order valence-electron chi connectivity index (χ0n) is 14.6. The van der Waals surface area contributed by atoms with Gasteiger partial charge in [-0.15, -0.1) is 11.3 Å². The minimum absolute atomic E-state index is 0.0126. The van der Waals surface area contributed by atoms with E-state index in [1.165, 1.54) is 16.9 Å². The average molecular weight is 367 g/mol. The molecule has 0 saturated carbocycles. The standard InChI is InChI=1S/C20H21N3O2S/c1-15-7-8-18(12-22-15)25-13-20-23-17(14-26-20)11-19(24)21-10-9-16-5-3-2-4-6-16/h2-8,12,14H,9-11,13H2,1H3,(H,21,24). The Labute approximate surface area is 157 Å². The van der Waals surface area contributed by atoms with Gasteiger partial charge >= 0.3 is 0 Å². The van der Waals surface area contributed by atoms with E-state index in [9.17, 15) is 4.79 Å². The Kier molecular flexibility index (Phi) is 6.33. The van der Waals surface area contributed by atoms with Crippen molar-refractivity contribution in [3.63, 3.8) is 0 Å². The summed E-state index contributed by atoms with van der Waals surface area (Å²) in [7, 11) is 0. The second kappa shape index (κ2) is 9.10. The van der Waals surface area contributed by atoms with Gasteiger partial charge in [0.2, 0.25) is 5.91 Å². The molecule has 3 aromatic rings. The number of nitrogens with zero attached hydrogens (tertiary/aromatic N) is 2. The van der Waals surface area contributed by atoms with E-state index in [2.05, 4.69) is 27.4 Å². The molecule has 1 aromatic carbocycles. The van der Waals surface area contributed by atoms with Crippen molar-refractivity contribution in [2.45, 2.75) is 26.4 Å². The monoisotopic (exact) mass is 367 g/mol. The Morgan fingerprint density at radius 1 is 1.19 bits per heavy atom. The number of aromatic nitrogens is 2. The van der Waals surface area contributed by atoms with Crippen LogP contribution in [0.15, 0.2) is 54.0 Å². The summed E-state index contributed by atoms with van der Waals surface area (Å²) in [6.45, 7) is 2.94. The van der Waals surface area contributed by atoms with Crippen molar-refractivity contribution in [1.29, 1.82) is 0 Å². The van der Waals surface area contributed by atoms with Gasteiger partial charge < -0.3 is 10.1 Å². The first-order valence-corrected chi connectivity index (χ1v) is 9.36. The van der Waals surface area contributed by atoms with Gasteiger partial charge in [-0.05, 0) is 31.0 Å². The number of ether oxygens (including phenoxy) is 1. The molecule has 2 aromatic heterocycles. The Morgan fingerprint density at radius 2 is 2.04 bits per heavy atom. The summed E-state index contributed by atoms with van der Waals surface area (Å²) in [4.78, 5) is 20.7. The fourth-order valence-corrected chi connectivity index (χ4v) is 3.10. The number of hydrogen-bond donors (Lipinski definition) is 1. The lowest BCUT2D eigenvalue weighted by molar-refractivity contribution is -0.120. The first-order chi connectivity index (χ1) is 12.7. The van der Waals surface area contributed by atoms with E-state index in [1.54, 1.807) is 6.20 Å². The molecule has 0 radical (unpaired) electrons. The number of carbonyl (C=O) groups excluding carboxylic acids is 1. The SMILES string of the molecule is Cc1ccc(OCc2nc(CC(=O)NCCc3ccccc3)cs2)cn1. The average Bonchev–Trinajstić information content (AvgIpc) is 3.09. The van der Waals surface area contributed by atoms with Crippen molar-refractivity contribution in [2.24, 2.45) is 0 Å². The number of thiazole rings is 1. The second-order valence-electron chi connectivity index (χ2n) is 5.92. The highest BCUT2D eigenvalue weighted by atomic mass is 32.1. The molecule has 6 heteroatoms. The highest BCUT2D eigenvalue weighted by Gasteiger charge is 2.08. The largest absolute Gasteiger partial charge is 0.485 e. The molecule has 1 amide bonds. The van der Waals surface area contributed by atoms with Gasteiger partial charge in [0, 0.05) is 17.6 Å². The molecular formula is C20H21N3O2S. The van der Waals surface area contributed by atoms with E-state index in [-0.39, 0.29) is 12.3 Å². The van der Waals surface area contributed by atoms with Crippen LogP contribution >= 0.6 is 11.3 Å². The van der Waals surface area contributed by atoms with Crippen molar-refractivity contribution in [3.8, 4) is 5.75 Å². The van der Waals surface area contributed by atoms with Crippen LogP contribution in [0.3, 0.4) is 0 Å². The van der Waals surface area contributed by atoms with Crippen LogP contribution in [0.1, 0.15) is 22.0 Å². The Hall–Kier alpha value is -2.73. The van der Waals surface area contributed by atoms with Crippen LogP contribution in [0.4, 0.5) is 0 Å². The van der Waals surface area contributed by atoms with E-state index >= 15 is 0 Å². The maximum atomic E-state index is 12.0. The van der Waals surface area contributed by atoms with Crippen LogP contribution < -0.4 is 10.1 Å². The lowest BCUT2D eigenvalue weighted by atomic mass is 10.1. The summed E-state index contributed by atoms with van der Waals surface area (Å²) in [6, 6.07) is 13.9. The molecule has 0 aliphatic heterocycles. The van der Waals surface area contributed by atoms with Crippen LogP contribution in [-0.4, -0.2) is 22.4 Å². The van der Waals surface area contributed by atoms with Crippen molar-refractivity contribution >= 4 is 17.2 Å². The molecule has 2 heterocycles. The Bertz CT molecular complexity index is 832. The Morgan fingerprint density at radius 3 is 2.81 bits per heavy atom. The summed E-state index contributed by atoms with van der Waals surface area (Å²) < 4.78 is 5.66. The summed E-state index contributed by atoms with van der Waals surface area (Å²) in [6.07, 6.45) is 2.81. The first-order valence-electron chi connectivity index (χ1n) is 8.48. The van der Waals surface area contributed by atoms with Crippen LogP contribution in [0.5, 0.6) is 5.75 Å². The van der Waals surface area contributed by atoms with Gasteiger partial charge in [-0.1, -0.05) is 30.3 Å². The molecule has 134 valence electrons. The fraction of sp³-hybridized carbons (Fsp3) is 0.250. The number of aryl methyl sites for hydroxylation is 1. The zero-order valence-corrected chi connectivity index (χ0v) is 15.5. The molecule has 0 unspecified atom stereocenters. The molecule has 0 fully saturated rings. The van der Waals surface area contributed by atoms with Gasteiger partial charge in [0.15, 0.2) is 0 Å². The fourth-order valence-electron chi connectivity index (χ4n) is 2.40. The molecule has 0 saturated heterocycles. The summed E-state index contributed by atoms with van der Waals surface area (Å²) >= 11 is 1.50. The molecule has 0 atom stereocenters. The molecular weight excluding hydrogens is 346 g/mol. The third-order valence-corrected chi connectivity index (χ3v) is 4.64. The highest BCUT2D eigenvalue weighted by molar-refractivity contribution is 7.09. The maximum absolute atomic E-state index is 12.0. The predicted molar refractivity (Wildman–Crippen MR) is 102 cm³/mol. The zero-order chi connectivity index (χ0) is 18.2. The van der Waals surface area contributed by atoms with E-state index < -0.39 is 0 Å². The van der Waals surface area contributed by atoms with Crippen LogP contribution in [0.25, 0.3) is 0 Å². The smallest absolute Gasteiger partial charge is 0.226 e. The third-order valence-electron chi connectivity index (χ3n) is 3.77. The molecule has 0 spiro atoms. The van der Waals surface area contributed by atoms with Gasteiger partial charge in [-0.3, -0.25) is 9.78 Å². The van der Waals surface area contributed by atoms with E-state index in [1.807, 2.05) is 42.6 Å². The van der Waals surface area contributed by atoms with E-state index in [0.29, 0.717) is 18.9 Å². The van der Waals surface area contributed by atoms with Crippen LogP contribution in [-0.2, 0) is 24.2 Å². The molecule has 26 heavy (non-hydrogen) atoms. The van der Waals surface area contributed by atoms with Crippen LogP contribution in [0.2, 0.25) is 0 Å². The van der Waals surface area contributed by atoms with Gasteiger partial charge in [-0.2, -0.15) is 0 Å². The lowest BCUT2D eigenvalue weighted by Crippen LogP contribution is -2.27. The van der Waals surface area contributed by atoms with E-state index in [4.69, 9.17) is 4.74 Å². The van der Waals surface area contributed by atoms with Crippen molar-refractivity contribution in [1.82, 2.24) is 15.3 Å². The molecule has 0 bridgehead atoms. The van der Waals surface area contributed by atoms with Gasteiger partial charge in [0.25, 0.3) is 0 Å². The Balaban J connectivity index is 1.41. The van der Waals surface area contributed by atoms with Gasteiger partial charge in [-0.25, -0.2) is 4.98 Å². The maximum Gasteiger partial charge on any atom is 0.226 e. The van der Waals surface area contributed by atoms with Crippen molar-refractivity contribution in [2.75, 3.05) is 6.54 Å². The first kappa shape index (κ1) is 18.1. The summed E-state index contributed by atoms with van der Waals surface area (Å²) in [5, 5.41) is 5.69. The quantitative estimate of drug-likeness (QED) is 0.663. The minimum Gasteiger partial charge on any atom is -0.485 e. The highest BCUT2D eigenvalue weighted by Crippen LogP contribution is 2.15. The topological polar surface area (TPSA) is 64.1 Å². The minimum atomic E-state index is -0.0126. The normalized spacial score (nSPS) is 10.5. The predicted octanol–water partition coefficient (Wildman–Crippen LogP) is 3.33. The number of carbonyl (C=O) groups is 1. The van der Waals surface area contributed by atoms with Crippen LogP contribution in [0, 0.1) is 6.92 Å². The third kappa shape index (κ3) is 5.67.